The quantitative estimate of drug-likeness (QED) is 0.150. The van der Waals surface area contributed by atoms with Crippen molar-refractivity contribution < 1.29 is 4.74 Å². The van der Waals surface area contributed by atoms with E-state index < -0.39 is 8.07 Å². The van der Waals surface area contributed by atoms with Gasteiger partial charge in [0.1, 0.15) is 20.4 Å². The minimum atomic E-state index is -2.27. The Morgan fingerprint density at radius 1 is 0.950 bits per heavy atom. The minimum Gasteiger partial charge on any atom is -0.489 e. The molecular formula is C37H47NOSi. The second-order valence-electron chi connectivity index (χ2n) is 13.1. The fourth-order valence-corrected chi connectivity index (χ4v) is 14.0. The Bertz CT molecular complexity index is 1560. The van der Waals surface area contributed by atoms with Crippen molar-refractivity contribution in [3.8, 4) is 17.0 Å². The Labute approximate surface area is 243 Å². The minimum absolute atomic E-state index is 0.0227. The normalized spacial score (nSPS) is 14.8. The molecule has 0 spiro atoms. The molecule has 0 radical (unpaired) electrons. The molecular weight excluding hydrogens is 502 g/mol. The van der Waals surface area contributed by atoms with Crippen molar-refractivity contribution in [3.05, 3.63) is 95.1 Å². The number of hydrogen-bond donors (Lipinski definition) is 0. The zero-order chi connectivity index (χ0) is 28.8. The van der Waals surface area contributed by atoms with Crippen LogP contribution in [0.1, 0.15) is 80.8 Å². The second-order valence-corrected chi connectivity index (χ2v) is 17.5. The molecule has 3 aromatic carbocycles. The summed E-state index contributed by atoms with van der Waals surface area (Å²) in [6.07, 6.45) is 4.24. The Hall–Kier alpha value is -3.04. The zero-order valence-electron chi connectivity index (χ0n) is 25.9. The van der Waals surface area contributed by atoms with Gasteiger partial charge in [0.25, 0.3) is 0 Å². The third kappa shape index (κ3) is 4.47. The molecule has 4 aromatic rings. The molecule has 1 unspecified atom stereocenters. The molecule has 0 fully saturated rings. The van der Waals surface area contributed by atoms with E-state index in [2.05, 4.69) is 121 Å². The Morgan fingerprint density at radius 3 is 2.30 bits per heavy atom. The smallest absolute Gasteiger partial charge is 0.122 e. The van der Waals surface area contributed by atoms with Crippen LogP contribution in [0.2, 0.25) is 12.1 Å². The molecule has 0 saturated carbocycles. The topological polar surface area (TPSA) is 14.2 Å². The first-order valence-corrected chi connectivity index (χ1v) is 17.7. The number of aryl methyl sites for hydroxylation is 3. The highest BCUT2D eigenvalue weighted by atomic mass is 28.3. The van der Waals surface area contributed by atoms with Gasteiger partial charge in [0.15, 0.2) is 0 Å². The number of rotatable bonds is 9. The molecule has 1 aromatic heterocycles. The average Bonchev–Trinajstić information content (AvgIpc) is 3.39. The summed E-state index contributed by atoms with van der Waals surface area (Å²) in [6, 6.07) is 23.7. The lowest BCUT2D eigenvalue weighted by atomic mass is 9.85. The van der Waals surface area contributed by atoms with Gasteiger partial charge in [-0.2, -0.15) is 0 Å². The highest BCUT2D eigenvalue weighted by molar-refractivity contribution is 6.94. The molecule has 1 heterocycles. The summed E-state index contributed by atoms with van der Waals surface area (Å²) in [4.78, 5) is 0. The molecule has 2 nitrogen and oxygen atoms in total. The maximum absolute atomic E-state index is 6.76. The maximum atomic E-state index is 6.76. The highest BCUT2D eigenvalue weighted by Gasteiger charge is 2.51. The molecule has 40 heavy (non-hydrogen) atoms. The van der Waals surface area contributed by atoms with E-state index in [1.54, 1.807) is 5.56 Å². The number of ether oxygens (including phenoxy) is 1. The second kappa shape index (κ2) is 10.7. The first-order chi connectivity index (χ1) is 19.1. The van der Waals surface area contributed by atoms with Gasteiger partial charge in [-0.15, -0.1) is 0 Å². The van der Waals surface area contributed by atoms with Crippen molar-refractivity contribution >= 4 is 24.2 Å². The lowest BCUT2D eigenvalue weighted by molar-refractivity contribution is 0.353. The Kier molecular flexibility index (Phi) is 7.65. The van der Waals surface area contributed by atoms with Gasteiger partial charge in [0.05, 0.1) is 5.69 Å². The van der Waals surface area contributed by atoms with Crippen molar-refractivity contribution in [3.63, 3.8) is 0 Å². The van der Waals surface area contributed by atoms with Crippen molar-refractivity contribution in [1.82, 2.24) is 4.57 Å². The summed E-state index contributed by atoms with van der Waals surface area (Å²) < 4.78 is 9.22. The van der Waals surface area contributed by atoms with E-state index in [4.69, 9.17) is 4.74 Å². The number of hydrogen-bond acceptors (Lipinski definition) is 1. The van der Waals surface area contributed by atoms with Gasteiger partial charge in [0.2, 0.25) is 0 Å². The summed E-state index contributed by atoms with van der Waals surface area (Å²) in [5, 5.41) is 2.94. The zero-order valence-corrected chi connectivity index (χ0v) is 26.9. The van der Waals surface area contributed by atoms with E-state index in [1.165, 1.54) is 74.5 Å². The summed E-state index contributed by atoms with van der Waals surface area (Å²) in [7, 11) is -0.00568. The molecule has 0 N–H and O–H groups in total. The van der Waals surface area contributed by atoms with Gasteiger partial charge in [-0.05, 0) is 53.3 Å². The third-order valence-electron chi connectivity index (χ3n) is 9.08. The Morgan fingerprint density at radius 2 is 1.65 bits per heavy atom. The molecule has 0 bridgehead atoms. The van der Waals surface area contributed by atoms with Crippen LogP contribution >= 0.6 is 0 Å². The van der Waals surface area contributed by atoms with Gasteiger partial charge in [-0.3, -0.25) is 0 Å². The van der Waals surface area contributed by atoms with E-state index in [9.17, 15) is 0 Å². The molecule has 5 rings (SSSR count). The molecule has 0 saturated heterocycles. The van der Waals surface area contributed by atoms with Crippen LogP contribution in [0, 0.1) is 13.8 Å². The molecule has 1 aliphatic carbocycles. The molecule has 1 atom stereocenters. The van der Waals surface area contributed by atoms with E-state index in [1.807, 2.05) is 6.08 Å². The first kappa shape index (κ1) is 28.5. The van der Waals surface area contributed by atoms with Crippen LogP contribution in [0.15, 0.2) is 67.3 Å². The predicted octanol–water partition coefficient (Wildman–Crippen LogP) is 9.48. The Balaban J connectivity index is 1.94. The van der Waals surface area contributed by atoms with Gasteiger partial charge in [-0.1, -0.05) is 126 Å². The average molecular weight is 550 g/mol. The number of fused-ring (bicyclic) bond motifs is 5. The van der Waals surface area contributed by atoms with Crippen LogP contribution < -0.4 is 9.92 Å². The fraction of sp³-hybridized carbons (Fsp3) is 0.405. The lowest BCUT2D eigenvalue weighted by Gasteiger charge is -2.41. The largest absolute Gasteiger partial charge is 0.489 e. The van der Waals surface area contributed by atoms with Gasteiger partial charge in [0, 0.05) is 29.1 Å². The highest BCUT2D eigenvalue weighted by Crippen LogP contribution is 2.55. The van der Waals surface area contributed by atoms with Crippen LogP contribution in [0.5, 0.6) is 5.75 Å². The molecule has 3 heteroatoms. The maximum Gasteiger partial charge on any atom is 0.122 e. The molecule has 1 aliphatic rings. The van der Waals surface area contributed by atoms with Crippen molar-refractivity contribution in [2.75, 3.05) is 6.61 Å². The molecule has 0 amide bonds. The first-order valence-electron chi connectivity index (χ1n) is 15.2. The van der Waals surface area contributed by atoms with Gasteiger partial charge >= 0.3 is 0 Å². The number of benzene rings is 3. The monoisotopic (exact) mass is 549 g/mol. The van der Waals surface area contributed by atoms with Crippen LogP contribution in [0.3, 0.4) is 0 Å². The van der Waals surface area contributed by atoms with Crippen molar-refractivity contribution in [2.45, 2.75) is 84.4 Å². The van der Waals surface area contributed by atoms with Gasteiger partial charge in [-0.25, -0.2) is 0 Å². The van der Waals surface area contributed by atoms with Crippen LogP contribution in [-0.4, -0.2) is 19.2 Å². The SMILES string of the molecule is C=CCOc1c(C(C)(C)C)cc(C)cc1[Si](CCC)(CCC)C1c2ccccc2-c2c1c1cc(C)ccc1n2C. The summed E-state index contributed by atoms with van der Waals surface area (Å²) in [5.74, 6) is 1.13. The van der Waals surface area contributed by atoms with E-state index in [0.717, 1.165) is 5.75 Å². The van der Waals surface area contributed by atoms with Crippen molar-refractivity contribution in [1.29, 1.82) is 0 Å². The van der Waals surface area contributed by atoms with Crippen LogP contribution in [0.4, 0.5) is 0 Å². The van der Waals surface area contributed by atoms with Crippen LogP contribution in [-0.2, 0) is 12.5 Å². The van der Waals surface area contributed by atoms with Crippen LogP contribution in [0.25, 0.3) is 22.2 Å². The number of nitrogens with zero attached hydrogens (tertiary/aromatic N) is 1. The van der Waals surface area contributed by atoms with E-state index >= 15 is 0 Å². The predicted molar refractivity (Wildman–Crippen MR) is 176 cm³/mol. The summed E-state index contributed by atoms with van der Waals surface area (Å²) >= 11 is 0. The standard InChI is InChI=1S/C37H47NOSi/c1-10-19-39-35-30(37(6,7)8)23-26(5)24-32(35)40(20-11-2,21-12-3)36-28-16-14-13-15-27(28)34-33(36)29-22-25(4)17-18-31(29)38(34)9/h10,13-18,22-24,36H,1,11-12,19-21H2,2-9H3. The van der Waals surface area contributed by atoms with E-state index in [-0.39, 0.29) is 5.41 Å². The molecule has 0 aliphatic heterocycles. The van der Waals surface area contributed by atoms with E-state index in [0.29, 0.717) is 12.1 Å². The lowest BCUT2D eigenvalue weighted by Crippen LogP contribution is -2.54. The number of aromatic nitrogens is 1. The summed E-state index contributed by atoms with van der Waals surface area (Å²) in [6.45, 7) is 20.8. The summed E-state index contributed by atoms with van der Waals surface area (Å²) in [5.41, 5.74) is 11.6. The van der Waals surface area contributed by atoms with Gasteiger partial charge < -0.3 is 9.30 Å². The van der Waals surface area contributed by atoms with Crippen molar-refractivity contribution in [2.24, 2.45) is 7.05 Å². The fourth-order valence-electron chi connectivity index (χ4n) is 7.63. The third-order valence-corrected chi connectivity index (χ3v) is 15.0. The molecule has 210 valence electrons.